The molecule has 0 bridgehead atoms. The predicted molar refractivity (Wildman–Crippen MR) is 60.6 cm³/mol. The maximum atomic E-state index is 5.83. The molecule has 0 aliphatic carbocycles. The van der Waals surface area contributed by atoms with Crippen molar-refractivity contribution in [2.75, 3.05) is 6.54 Å². The van der Waals surface area contributed by atoms with Crippen LogP contribution in [0.1, 0.15) is 37.5 Å². The average Bonchev–Trinajstić information content (AvgIpc) is 2.73. The standard InChI is InChI=1S/C8H11Cl2N3O.ClH/c1-8(9,10)7-12-6(13-14-7)5-3-2-4-11-5;/h5,11H,2-4H2,1H3;1H. The fourth-order valence-electron chi connectivity index (χ4n) is 1.46. The molecular formula is C8H12Cl3N3O. The quantitative estimate of drug-likeness (QED) is 0.841. The van der Waals surface area contributed by atoms with Gasteiger partial charge in [0.15, 0.2) is 10.2 Å². The van der Waals surface area contributed by atoms with E-state index in [1.165, 1.54) is 0 Å². The summed E-state index contributed by atoms with van der Waals surface area (Å²) in [4.78, 5) is 4.16. The number of halogens is 3. The monoisotopic (exact) mass is 271 g/mol. The lowest BCUT2D eigenvalue weighted by Crippen LogP contribution is -2.14. The highest BCUT2D eigenvalue weighted by molar-refractivity contribution is 6.47. The van der Waals surface area contributed by atoms with Crippen LogP contribution >= 0.6 is 35.6 Å². The Labute approximate surface area is 104 Å². The lowest BCUT2D eigenvalue weighted by atomic mass is 10.2. The van der Waals surface area contributed by atoms with Gasteiger partial charge in [0.25, 0.3) is 5.89 Å². The van der Waals surface area contributed by atoms with Gasteiger partial charge in [-0.3, -0.25) is 0 Å². The number of nitrogens with one attached hydrogen (secondary N) is 1. The van der Waals surface area contributed by atoms with Crippen LogP contribution in [0.15, 0.2) is 4.52 Å². The topological polar surface area (TPSA) is 51.0 Å². The fourth-order valence-corrected chi connectivity index (χ4v) is 1.61. The molecule has 7 heteroatoms. The van der Waals surface area contributed by atoms with E-state index < -0.39 is 4.33 Å². The average molecular weight is 273 g/mol. The van der Waals surface area contributed by atoms with E-state index in [1.807, 2.05) is 0 Å². The van der Waals surface area contributed by atoms with Gasteiger partial charge in [0.2, 0.25) is 0 Å². The van der Waals surface area contributed by atoms with E-state index in [4.69, 9.17) is 27.7 Å². The lowest BCUT2D eigenvalue weighted by Gasteiger charge is -2.05. The molecule has 0 saturated carbocycles. The summed E-state index contributed by atoms with van der Waals surface area (Å²) in [5.41, 5.74) is 0. The van der Waals surface area contributed by atoms with Crippen molar-refractivity contribution in [2.24, 2.45) is 0 Å². The minimum absolute atomic E-state index is 0. The molecule has 1 aromatic rings. The van der Waals surface area contributed by atoms with E-state index in [9.17, 15) is 0 Å². The molecule has 1 aromatic heterocycles. The summed E-state index contributed by atoms with van der Waals surface area (Å²) in [5, 5.41) is 7.11. The van der Waals surface area contributed by atoms with E-state index in [2.05, 4.69) is 15.5 Å². The van der Waals surface area contributed by atoms with Gasteiger partial charge < -0.3 is 9.84 Å². The Morgan fingerprint density at radius 2 is 2.27 bits per heavy atom. The van der Waals surface area contributed by atoms with Gasteiger partial charge in [-0.05, 0) is 26.3 Å². The Kier molecular flexibility index (Phi) is 4.23. The van der Waals surface area contributed by atoms with Gasteiger partial charge in [-0.15, -0.1) is 12.4 Å². The van der Waals surface area contributed by atoms with Crippen LogP contribution in [0, 0.1) is 0 Å². The molecule has 0 spiro atoms. The first-order valence-electron chi connectivity index (χ1n) is 4.52. The third-order valence-corrected chi connectivity index (χ3v) is 2.51. The molecule has 0 amide bonds. The minimum atomic E-state index is -1.11. The summed E-state index contributed by atoms with van der Waals surface area (Å²) in [6.45, 7) is 2.60. The Morgan fingerprint density at radius 3 is 2.73 bits per heavy atom. The molecule has 86 valence electrons. The van der Waals surface area contributed by atoms with Crippen molar-refractivity contribution in [1.82, 2.24) is 15.5 Å². The van der Waals surface area contributed by atoms with Crippen LogP contribution in [0.3, 0.4) is 0 Å². The molecule has 1 saturated heterocycles. The third-order valence-electron chi connectivity index (χ3n) is 2.19. The summed E-state index contributed by atoms with van der Waals surface area (Å²) < 4.78 is 3.87. The maximum absolute atomic E-state index is 5.83. The number of rotatable bonds is 2. The van der Waals surface area contributed by atoms with Crippen molar-refractivity contribution in [3.05, 3.63) is 11.7 Å². The number of alkyl halides is 2. The van der Waals surface area contributed by atoms with E-state index >= 15 is 0 Å². The van der Waals surface area contributed by atoms with E-state index in [-0.39, 0.29) is 24.3 Å². The van der Waals surface area contributed by atoms with E-state index in [0.717, 1.165) is 19.4 Å². The molecule has 1 unspecified atom stereocenters. The fraction of sp³-hybridized carbons (Fsp3) is 0.750. The van der Waals surface area contributed by atoms with Gasteiger partial charge in [0, 0.05) is 0 Å². The molecule has 4 nitrogen and oxygen atoms in total. The number of hydrogen-bond donors (Lipinski definition) is 1. The summed E-state index contributed by atoms with van der Waals surface area (Å²) in [6.07, 6.45) is 2.16. The van der Waals surface area contributed by atoms with E-state index in [1.54, 1.807) is 6.92 Å². The summed E-state index contributed by atoms with van der Waals surface area (Å²) in [5.74, 6) is 0.898. The Hall–Kier alpha value is -0.0300. The second-order valence-corrected chi connectivity index (χ2v) is 5.20. The highest BCUT2D eigenvalue weighted by atomic mass is 35.5. The molecule has 2 rings (SSSR count). The zero-order chi connectivity index (χ0) is 10.2. The smallest absolute Gasteiger partial charge is 0.262 e. The SMILES string of the molecule is CC(Cl)(Cl)c1nc(C2CCCN2)no1.Cl. The summed E-state index contributed by atoms with van der Waals surface area (Å²) in [7, 11) is 0. The minimum Gasteiger partial charge on any atom is -0.336 e. The molecule has 2 heterocycles. The molecule has 0 radical (unpaired) electrons. The van der Waals surface area contributed by atoms with Crippen LogP contribution in [-0.2, 0) is 4.33 Å². The van der Waals surface area contributed by atoms with Gasteiger partial charge in [0.1, 0.15) is 0 Å². The molecule has 1 atom stereocenters. The molecule has 0 aromatic carbocycles. The Morgan fingerprint density at radius 1 is 1.53 bits per heavy atom. The Balaban J connectivity index is 0.00000112. The van der Waals surface area contributed by atoms with Crippen LogP contribution in [0.5, 0.6) is 0 Å². The Bertz CT molecular complexity index is 317. The number of nitrogens with zero attached hydrogens (tertiary/aromatic N) is 2. The van der Waals surface area contributed by atoms with Gasteiger partial charge >= 0.3 is 0 Å². The third kappa shape index (κ3) is 2.97. The normalized spacial score (nSPS) is 21.4. The number of hydrogen-bond acceptors (Lipinski definition) is 4. The highest BCUT2D eigenvalue weighted by Crippen LogP contribution is 2.32. The summed E-state index contributed by atoms with van der Waals surface area (Å²) in [6, 6.07) is 0.184. The second kappa shape index (κ2) is 4.87. The largest absolute Gasteiger partial charge is 0.336 e. The second-order valence-electron chi connectivity index (χ2n) is 3.50. The first kappa shape index (κ1) is 13.0. The molecule has 1 aliphatic heterocycles. The summed E-state index contributed by atoms with van der Waals surface area (Å²) >= 11 is 11.7. The lowest BCUT2D eigenvalue weighted by molar-refractivity contribution is 0.361. The zero-order valence-electron chi connectivity index (χ0n) is 8.17. The van der Waals surface area contributed by atoms with Crippen LogP contribution < -0.4 is 5.32 Å². The zero-order valence-corrected chi connectivity index (χ0v) is 10.5. The van der Waals surface area contributed by atoms with Crippen LogP contribution in [-0.4, -0.2) is 16.7 Å². The van der Waals surface area contributed by atoms with Crippen LogP contribution in [0.25, 0.3) is 0 Å². The molecule has 15 heavy (non-hydrogen) atoms. The van der Waals surface area contributed by atoms with Crippen molar-refractivity contribution in [3.63, 3.8) is 0 Å². The maximum Gasteiger partial charge on any atom is 0.262 e. The van der Waals surface area contributed by atoms with Gasteiger partial charge in [-0.25, -0.2) is 0 Å². The molecule has 1 fully saturated rings. The van der Waals surface area contributed by atoms with Crippen molar-refractivity contribution < 1.29 is 4.52 Å². The van der Waals surface area contributed by atoms with Crippen molar-refractivity contribution >= 4 is 35.6 Å². The number of aromatic nitrogens is 2. The van der Waals surface area contributed by atoms with Crippen molar-refractivity contribution in [1.29, 1.82) is 0 Å². The molecule has 1 N–H and O–H groups in total. The first-order valence-corrected chi connectivity index (χ1v) is 5.28. The van der Waals surface area contributed by atoms with Crippen molar-refractivity contribution in [3.8, 4) is 0 Å². The van der Waals surface area contributed by atoms with Crippen LogP contribution in [0.2, 0.25) is 0 Å². The first-order chi connectivity index (χ1) is 6.57. The highest BCUT2D eigenvalue weighted by Gasteiger charge is 2.30. The van der Waals surface area contributed by atoms with E-state index in [0.29, 0.717) is 5.82 Å². The predicted octanol–water partition coefficient (Wildman–Crippen LogP) is 2.57. The molecule has 1 aliphatic rings. The van der Waals surface area contributed by atoms with Gasteiger partial charge in [-0.2, -0.15) is 4.98 Å². The van der Waals surface area contributed by atoms with Crippen LogP contribution in [0.4, 0.5) is 0 Å². The van der Waals surface area contributed by atoms with Gasteiger partial charge in [-0.1, -0.05) is 28.4 Å². The molecular weight excluding hydrogens is 260 g/mol. The van der Waals surface area contributed by atoms with Gasteiger partial charge in [0.05, 0.1) is 6.04 Å². The van der Waals surface area contributed by atoms with Crippen molar-refractivity contribution in [2.45, 2.75) is 30.1 Å².